The SMILES string of the molecule is C=C(C=O)/C=C\C(=C/C)C(C)C. The van der Waals surface area contributed by atoms with Crippen molar-refractivity contribution in [3.05, 3.63) is 36.0 Å². The minimum Gasteiger partial charge on any atom is -0.298 e. The van der Waals surface area contributed by atoms with E-state index in [2.05, 4.69) is 20.4 Å². The second kappa shape index (κ2) is 5.53. The molecule has 0 saturated carbocycles. The Hall–Kier alpha value is -1.11. The zero-order chi connectivity index (χ0) is 9.56. The highest BCUT2D eigenvalue weighted by molar-refractivity contribution is 5.76. The molecule has 1 heteroatoms. The lowest BCUT2D eigenvalue weighted by molar-refractivity contribution is -0.104. The molecule has 0 aromatic carbocycles. The zero-order valence-electron chi connectivity index (χ0n) is 8.00. The van der Waals surface area contributed by atoms with Crippen molar-refractivity contribution in [1.82, 2.24) is 0 Å². The Bertz CT molecular complexity index is 219. The Morgan fingerprint density at radius 2 is 1.92 bits per heavy atom. The molecular formula is C11H16O. The number of aldehydes is 1. The summed E-state index contributed by atoms with van der Waals surface area (Å²) in [4.78, 5) is 10.2. The first kappa shape index (κ1) is 10.9. The highest BCUT2D eigenvalue weighted by atomic mass is 16.1. The number of carbonyl (C=O) groups excluding carboxylic acids is 1. The molecule has 66 valence electrons. The summed E-state index contributed by atoms with van der Waals surface area (Å²) < 4.78 is 0. The van der Waals surface area contributed by atoms with Crippen LogP contribution in [0.4, 0.5) is 0 Å². The van der Waals surface area contributed by atoms with Crippen molar-refractivity contribution in [3.8, 4) is 0 Å². The standard InChI is InChI=1S/C11H16O/c1-5-11(9(2)3)7-6-10(4)8-12/h5-9H,4H2,1-3H3/b7-6-,11-5+. The van der Waals surface area contributed by atoms with E-state index < -0.39 is 0 Å². The maximum Gasteiger partial charge on any atom is 0.149 e. The van der Waals surface area contributed by atoms with Crippen molar-refractivity contribution in [2.45, 2.75) is 20.8 Å². The molecule has 0 spiro atoms. The van der Waals surface area contributed by atoms with Gasteiger partial charge in [-0.15, -0.1) is 0 Å². The summed E-state index contributed by atoms with van der Waals surface area (Å²) in [6.45, 7) is 9.77. The minimum atomic E-state index is 0.491. The van der Waals surface area contributed by atoms with Gasteiger partial charge in [0.25, 0.3) is 0 Å². The minimum absolute atomic E-state index is 0.491. The Balaban J connectivity index is 4.31. The maximum atomic E-state index is 10.2. The monoisotopic (exact) mass is 164 g/mol. The smallest absolute Gasteiger partial charge is 0.149 e. The third-order valence-corrected chi connectivity index (χ3v) is 1.64. The first-order valence-electron chi connectivity index (χ1n) is 4.10. The highest BCUT2D eigenvalue weighted by Crippen LogP contribution is 2.10. The summed E-state index contributed by atoms with van der Waals surface area (Å²) in [7, 11) is 0. The molecule has 1 nitrogen and oxygen atoms in total. The van der Waals surface area contributed by atoms with Crippen LogP contribution in [0.1, 0.15) is 20.8 Å². The van der Waals surface area contributed by atoms with E-state index in [4.69, 9.17) is 0 Å². The molecule has 0 heterocycles. The third-order valence-electron chi connectivity index (χ3n) is 1.64. The summed E-state index contributed by atoms with van der Waals surface area (Å²) in [5.74, 6) is 0.491. The van der Waals surface area contributed by atoms with Crippen LogP contribution in [-0.4, -0.2) is 6.29 Å². The Labute approximate surface area is 74.5 Å². The van der Waals surface area contributed by atoms with Crippen LogP contribution < -0.4 is 0 Å². The lowest BCUT2D eigenvalue weighted by Crippen LogP contribution is -1.89. The van der Waals surface area contributed by atoms with Gasteiger partial charge in [-0.3, -0.25) is 4.79 Å². The molecule has 0 fully saturated rings. The van der Waals surface area contributed by atoms with Gasteiger partial charge in [0.15, 0.2) is 0 Å². The van der Waals surface area contributed by atoms with Crippen LogP contribution in [0, 0.1) is 5.92 Å². The topological polar surface area (TPSA) is 17.1 Å². The molecule has 0 saturated heterocycles. The molecule has 0 aromatic heterocycles. The van der Waals surface area contributed by atoms with Crippen molar-refractivity contribution in [3.63, 3.8) is 0 Å². The fraction of sp³-hybridized carbons (Fsp3) is 0.364. The molecule has 0 aliphatic carbocycles. The highest BCUT2D eigenvalue weighted by Gasteiger charge is 1.96. The Morgan fingerprint density at radius 1 is 1.33 bits per heavy atom. The van der Waals surface area contributed by atoms with Crippen molar-refractivity contribution < 1.29 is 4.79 Å². The van der Waals surface area contributed by atoms with Gasteiger partial charge in [0, 0.05) is 5.57 Å². The van der Waals surface area contributed by atoms with E-state index in [-0.39, 0.29) is 0 Å². The van der Waals surface area contributed by atoms with E-state index in [1.165, 1.54) is 5.57 Å². The second-order valence-corrected chi connectivity index (χ2v) is 2.97. The molecule has 0 unspecified atom stereocenters. The van der Waals surface area contributed by atoms with Crippen molar-refractivity contribution >= 4 is 6.29 Å². The van der Waals surface area contributed by atoms with Gasteiger partial charge in [-0.25, -0.2) is 0 Å². The van der Waals surface area contributed by atoms with Gasteiger partial charge in [0.05, 0.1) is 0 Å². The average Bonchev–Trinajstić information content (AvgIpc) is 2.04. The number of carbonyl (C=O) groups is 1. The van der Waals surface area contributed by atoms with E-state index in [0.29, 0.717) is 11.5 Å². The summed E-state index contributed by atoms with van der Waals surface area (Å²) in [5.41, 5.74) is 1.73. The summed E-state index contributed by atoms with van der Waals surface area (Å²) in [6.07, 6.45) is 6.47. The first-order valence-corrected chi connectivity index (χ1v) is 4.10. The van der Waals surface area contributed by atoms with Gasteiger partial charge in [0.2, 0.25) is 0 Å². The lowest BCUT2D eigenvalue weighted by Gasteiger charge is -2.03. The molecule has 0 radical (unpaired) electrons. The predicted molar refractivity (Wildman–Crippen MR) is 52.9 cm³/mol. The quantitative estimate of drug-likeness (QED) is 0.355. The maximum absolute atomic E-state index is 10.2. The predicted octanol–water partition coefficient (Wildman–Crippen LogP) is 2.90. The van der Waals surface area contributed by atoms with Crippen LogP contribution in [0.15, 0.2) is 36.0 Å². The molecule has 0 atom stereocenters. The number of allylic oxidation sites excluding steroid dienone is 5. The molecule has 0 aromatic rings. The second-order valence-electron chi connectivity index (χ2n) is 2.97. The van der Waals surface area contributed by atoms with Crippen LogP contribution in [0.25, 0.3) is 0 Å². The van der Waals surface area contributed by atoms with Gasteiger partial charge in [0.1, 0.15) is 6.29 Å². The summed E-state index contributed by atoms with van der Waals surface area (Å²) >= 11 is 0. The Morgan fingerprint density at radius 3 is 2.25 bits per heavy atom. The lowest BCUT2D eigenvalue weighted by atomic mass is 10.0. The number of rotatable bonds is 4. The van der Waals surface area contributed by atoms with Gasteiger partial charge in [-0.1, -0.05) is 38.7 Å². The normalized spacial score (nSPS) is 12.5. The van der Waals surface area contributed by atoms with Crippen LogP contribution in [0.3, 0.4) is 0 Å². The summed E-state index contributed by atoms with van der Waals surface area (Å²) in [5, 5.41) is 0. The van der Waals surface area contributed by atoms with E-state index in [1.807, 2.05) is 19.1 Å². The molecule has 0 aliphatic rings. The molecule has 0 amide bonds. The molecule has 0 N–H and O–H groups in total. The molecule has 0 bridgehead atoms. The summed E-state index contributed by atoms with van der Waals surface area (Å²) in [6, 6.07) is 0. The Kier molecular flexibility index (Phi) is 5.02. The number of hydrogen-bond donors (Lipinski definition) is 0. The fourth-order valence-corrected chi connectivity index (χ4v) is 0.865. The van der Waals surface area contributed by atoms with Gasteiger partial charge in [-0.2, -0.15) is 0 Å². The largest absolute Gasteiger partial charge is 0.298 e. The molecule has 0 aliphatic heterocycles. The van der Waals surface area contributed by atoms with Crippen molar-refractivity contribution in [2.24, 2.45) is 5.92 Å². The van der Waals surface area contributed by atoms with Crippen LogP contribution in [0.5, 0.6) is 0 Å². The van der Waals surface area contributed by atoms with Crippen molar-refractivity contribution in [1.29, 1.82) is 0 Å². The van der Waals surface area contributed by atoms with E-state index in [9.17, 15) is 4.79 Å². The van der Waals surface area contributed by atoms with Crippen LogP contribution in [-0.2, 0) is 4.79 Å². The zero-order valence-corrected chi connectivity index (χ0v) is 8.00. The van der Waals surface area contributed by atoms with Crippen LogP contribution in [0.2, 0.25) is 0 Å². The third kappa shape index (κ3) is 3.91. The van der Waals surface area contributed by atoms with Crippen molar-refractivity contribution in [2.75, 3.05) is 0 Å². The van der Waals surface area contributed by atoms with Gasteiger partial charge >= 0.3 is 0 Å². The van der Waals surface area contributed by atoms with E-state index >= 15 is 0 Å². The average molecular weight is 164 g/mol. The van der Waals surface area contributed by atoms with Gasteiger partial charge in [-0.05, 0) is 18.4 Å². The fourth-order valence-electron chi connectivity index (χ4n) is 0.865. The van der Waals surface area contributed by atoms with E-state index in [0.717, 1.165) is 6.29 Å². The molecule has 12 heavy (non-hydrogen) atoms. The molecular weight excluding hydrogens is 148 g/mol. The first-order chi connectivity index (χ1) is 5.61. The molecule has 0 rings (SSSR count). The van der Waals surface area contributed by atoms with Crippen LogP contribution >= 0.6 is 0 Å². The number of hydrogen-bond acceptors (Lipinski definition) is 1. The van der Waals surface area contributed by atoms with Gasteiger partial charge < -0.3 is 0 Å². The van der Waals surface area contributed by atoms with E-state index in [1.54, 1.807) is 6.08 Å².